The van der Waals surface area contributed by atoms with Gasteiger partial charge in [-0.3, -0.25) is 4.98 Å². The van der Waals surface area contributed by atoms with E-state index < -0.39 is 0 Å². The van der Waals surface area contributed by atoms with Crippen LogP contribution in [0.15, 0.2) is 18.3 Å². The fraction of sp³-hybridized carbons (Fsp3) is 0.667. The third-order valence-electron chi connectivity index (χ3n) is 4.00. The van der Waals surface area contributed by atoms with Gasteiger partial charge in [-0.1, -0.05) is 0 Å². The highest BCUT2D eigenvalue weighted by Crippen LogP contribution is 2.24. The molecule has 2 heterocycles. The minimum Gasteiger partial charge on any atom is -0.384 e. The summed E-state index contributed by atoms with van der Waals surface area (Å²) in [5.74, 6) is 0.672. The lowest BCUT2D eigenvalue weighted by atomic mass is 10.1. The van der Waals surface area contributed by atoms with Crippen molar-refractivity contribution in [3.63, 3.8) is 0 Å². The molecule has 1 saturated heterocycles. The van der Waals surface area contributed by atoms with Crippen LogP contribution in [-0.4, -0.2) is 37.8 Å². The number of hydrogen-bond acceptors (Lipinski definition) is 4. The predicted octanol–water partition coefficient (Wildman–Crippen LogP) is 1.81. The first kappa shape index (κ1) is 12.9. The van der Waals surface area contributed by atoms with Crippen molar-refractivity contribution in [3.8, 4) is 0 Å². The van der Waals surface area contributed by atoms with Crippen LogP contribution >= 0.6 is 0 Å². The van der Waals surface area contributed by atoms with Crippen molar-refractivity contribution >= 4 is 5.69 Å². The van der Waals surface area contributed by atoms with Gasteiger partial charge in [0.05, 0.1) is 12.3 Å². The highest BCUT2D eigenvalue weighted by Gasteiger charge is 2.23. The van der Waals surface area contributed by atoms with E-state index in [-0.39, 0.29) is 0 Å². The summed E-state index contributed by atoms with van der Waals surface area (Å²) in [7, 11) is 1.79. The molecule has 1 aromatic heterocycles. The maximum atomic E-state index is 5.26. The number of anilines is 1. The molecule has 2 fully saturated rings. The third kappa shape index (κ3) is 3.45. The zero-order chi connectivity index (χ0) is 13.1. The first-order chi connectivity index (χ1) is 9.35. The monoisotopic (exact) mass is 261 g/mol. The summed E-state index contributed by atoms with van der Waals surface area (Å²) in [4.78, 5) is 6.90. The average Bonchev–Trinajstić information content (AvgIpc) is 3.15. The van der Waals surface area contributed by atoms with Gasteiger partial charge in [-0.15, -0.1) is 0 Å². The molecule has 1 aliphatic carbocycles. The molecular formula is C15H23N3O. The number of aromatic nitrogens is 1. The van der Waals surface area contributed by atoms with Gasteiger partial charge in [0.1, 0.15) is 0 Å². The van der Waals surface area contributed by atoms with Gasteiger partial charge in [0, 0.05) is 50.6 Å². The van der Waals surface area contributed by atoms with Crippen molar-refractivity contribution in [2.24, 2.45) is 5.92 Å². The molecule has 1 N–H and O–H groups in total. The summed E-state index contributed by atoms with van der Waals surface area (Å²) < 4.78 is 5.26. The number of methoxy groups -OCH3 is 1. The molecule has 3 rings (SSSR count). The molecule has 0 aromatic carbocycles. The van der Waals surface area contributed by atoms with Gasteiger partial charge >= 0.3 is 0 Å². The van der Waals surface area contributed by atoms with Crippen molar-refractivity contribution < 1.29 is 4.74 Å². The number of rotatable bonds is 6. The Morgan fingerprint density at radius 3 is 3.11 bits per heavy atom. The molecule has 19 heavy (non-hydrogen) atoms. The number of hydrogen-bond donors (Lipinski definition) is 1. The van der Waals surface area contributed by atoms with Crippen molar-refractivity contribution in [3.05, 3.63) is 24.0 Å². The topological polar surface area (TPSA) is 37.4 Å². The molecular weight excluding hydrogens is 238 g/mol. The van der Waals surface area contributed by atoms with Gasteiger partial charge < -0.3 is 15.0 Å². The van der Waals surface area contributed by atoms with E-state index in [2.05, 4.69) is 27.3 Å². The fourth-order valence-corrected chi connectivity index (χ4v) is 2.73. The average molecular weight is 261 g/mol. The summed E-state index contributed by atoms with van der Waals surface area (Å²) in [6.45, 7) is 4.01. The van der Waals surface area contributed by atoms with E-state index in [1.54, 1.807) is 7.11 Å². The van der Waals surface area contributed by atoms with Crippen LogP contribution in [0.2, 0.25) is 0 Å². The lowest BCUT2D eigenvalue weighted by molar-refractivity contribution is 0.161. The van der Waals surface area contributed by atoms with Crippen LogP contribution in [0.5, 0.6) is 0 Å². The summed E-state index contributed by atoms with van der Waals surface area (Å²) >= 11 is 0. The van der Waals surface area contributed by atoms with Crippen molar-refractivity contribution in [1.29, 1.82) is 0 Å². The first-order valence-electron chi connectivity index (χ1n) is 7.27. The summed E-state index contributed by atoms with van der Waals surface area (Å²) in [6.07, 6.45) is 5.81. The SMILES string of the molecule is COCC1CCN(c2ccnc(CNC3CC3)c2)C1. The van der Waals surface area contributed by atoms with Crippen LogP contribution in [0.4, 0.5) is 5.69 Å². The lowest BCUT2D eigenvalue weighted by Gasteiger charge is -2.19. The van der Waals surface area contributed by atoms with E-state index in [1.165, 1.54) is 24.9 Å². The Balaban J connectivity index is 1.59. The van der Waals surface area contributed by atoms with E-state index in [0.29, 0.717) is 5.92 Å². The molecule has 0 bridgehead atoms. The number of pyridine rings is 1. The van der Waals surface area contributed by atoms with Crippen LogP contribution in [0.1, 0.15) is 25.0 Å². The third-order valence-corrected chi connectivity index (χ3v) is 4.00. The van der Waals surface area contributed by atoms with Crippen LogP contribution in [0.3, 0.4) is 0 Å². The van der Waals surface area contributed by atoms with Crippen molar-refractivity contribution in [2.45, 2.75) is 31.8 Å². The van der Waals surface area contributed by atoms with Crippen LogP contribution in [-0.2, 0) is 11.3 Å². The summed E-state index contributed by atoms with van der Waals surface area (Å²) in [5, 5.41) is 3.52. The minimum absolute atomic E-state index is 0.672. The Labute approximate surface area is 115 Å². The summed E-state index contributed by atoms with van der Waals surface area (Å²) in [5.41, 5.74) is 2.46. The van der Waals surface area contributed by atoms with E-state index in [1.807, 2.05) is 6.20 Å². The largest absolute Gasteiger partial charge is 0.384 e. The Hall–Kier alpha value is -1.13. The molecule has 2 aliphatic rings. The zero-order valence-corrected chi connectivity index (χ0v) is 11.6. The molecule has 1 saturated carbocycles. The Morgan fingerprint density at radius 1 is 1.42 bits per heavy atom. The van der Waals surface area contributed by atoms with Crippen LogP contribution in [0.25, 0.3) is 0 Å². The normalized spacial score (nSPS) is 23.0. The van der Waals surface area contributed by atoms with Gasteiger partial charge in [0.15, 0.2) is 0 Å². The highest BCUT2D eigenvalue weighted by molar-refractivity contribution is 5.47. The smallest absolute Gasteiger partial charge is 0.0562 e. The Kier molecular flexibility index (Phi) is 3.99. The lowest BCUT2D eigenvalue weighted by Crippen LogP contribution is -2.22. The molecule has 4 heteroatoms. The van der Waals surface area contributed by atoms with Gasteiger partial charge in [-0.05, 0) is 31.4 Å². The minimum atomic E-state index is 0.672. The second-order valence-corrected chi connectivity index (χ2v) is 5.72. The number of nitrogens with one attached hydrogen (secondary N) is 1. The standard InChI is InChI=1S/C15H23N3O/c1-19-11-12-5-7-18(10-12)15-4-6-16-14(8-15)9-17-13-2-3-13/h4,6,8,12-13,17H,2-3,5,7,9-11H2,1H3. The van der Waals surface area contributed by atoms with E-state index in [0.717, 1.165) is 38.0 Å². The molecule has 1 aliphatic heterocycles. The molecule has 1 atom stereocenters. The molecule has 1 unspecified atom stereocenters. The fourth-order valence-electron chi connectivity index (χ4n) is 2.73. The van der Waals surface area contributed by atoms with Gasteiger partial charge in [-0.2, -0.15) is 0 Å². The number of nitrogens with zero attached hydrogens (tertiary/aromatic N) is 2. The van der Waals surface area contributed by atoms with Gasteiger partial charge in [0.2, 0.25) is 0 Å². The second-order valence-electron chi connectivity index (χ2n) is 5.72. The first-order valence-corrected chi connectivity index (χ1v) is 7.27. The molecule has 1 aromatic rings. The molecule has 0 amide bonds. The van der Waals surface area contributed by atoms with Gasteiger partial charge in [0.25, 0.3) is 0 Å². The molecule has 104 valence electrons. The number of ether oxygens (including phenoxy) is 1. The molecule has 0 radical (unpaired) electrons. The maximum Gasteiger partial charge on any atom is 0.0562 e. The zero-order valence-electron chi connectivity index (χ0n) is 11.6. The van der Waals surface area contributed by atoms with Crippen molar-refractivity contribution in [2.75, 3.05) is 31.7 Å². The quantitative estimate of drug-likeness (QED) is 0.847. The van der Waals surface area contributed by atoms with Gasteiger partial charge in [-0.25, -0.2) is 0 Å². The molecule has 0 spiro atoms. The van der Waals surface area contributed by atoms with E-state index in [4.69, 9.17) is 4.74 Å². The maximum absolute atomic E-state index is 5.26. The van der Waals surface area contributed by atoms with E-state index in [9.17, 15) is 0 Å². The van der Waals surface area contributed by atoms with Crippen LogP contribution in [0, 0.1) is 5.92 Å². The Bertz CT molecular complexity index is 420. The van der Waals surface area contributed by atoms with Crippen molar-refractivity contribution in [1.82, 2.24) is 10.3 Å². The second kappa shape index (κ2) is 5.88. The Morgan fingerprint density at radius 2 is 2.32 bits per heavy atom. The summed E-state index contributed by atoms with van der Waals surface area (Å²) in [6, 6.07) is 5.09. The molecule has 4 nitrogen and oxygen atoms in total. The predicted molar refractivity (Wildman–Crippen MR) is 76.3 cm³/mol. The van der Waals surface area contributed by atoms with E-state index >= 15 is 0 Å². The highest BCUT2D eigenvalue weighted by atomic mass is 16.5. The van der Waals surface area contributed by atoms with Crippen LogP contribution < -0.4 is 10.2 Å².